The molecule has 0 heterocycles. The molecule has 0 aliphatic carbocycles. The minimum absolute atomic E-state index is 0.0680. The van der Waals surface area contributed by atoms with Crippen LogP contribution in [0.3, 0.4) is 0 Å². The van der Waals surface area contributed by atoms with Crippen LogP contribution in [0.4, 0.5) is 0 Å². The third kappa shape index (κ3) is 4.83. The van der Waals surface area contributed by atoms with Gasteiger partial charge in [0.15, 0.2) is 11.6 Å². The molecule has 3 nitrogen and oxygen atoms in total. The third-order valence-corrected chi connectivity index (χ3v) is 3.83. The lowest BCUT2D eigenvalue weighted by molar-refractivity contribution is 0.0986. The Kier molecular flexibility index (Phi) is 6.17. The van der Waals surface area contributed by atoms with Gasteiger partial charge in [-0.1, -0.05) is 55.5 Å². The second-order valence-electron chi connectivity index (χ2n) is 5.17. The first-order chi connectivity index (χ1) is 11.1. The molecule has 0 aliphatic heterocycles. The summed E-state index contributed by atoms with van der Waals surface area (Å²) < 4.78 is 0. The standard InChI is InChI=1S/C19H18NO2Si/c1-2-18(21)16-7-3-14(4-8-16)11-20-12-15-5-9-17(10-6-15)19(22)13-23/h3-11H,2,12-13H2,1H3. The number of ketones is 2. The normalized spacial score (nSPS) is 10.9. The Labute approximate surface area is 139 Å². The Bertz CT molecular complexity index is 703. The predicted octanol–water partition coefficient (Wildman–Crippen LogP) is 3.67. The van der Waals surface area contributed by atoms with Crippen molar-refractivity contribution in [1.82, 2.24) is 0 Å². The Hall–Kier alpha value is -2.33. The van der Waals surface area contributed by atoms with E-state index in [1.165, 1.54) is 0 Å². The van der Waals surface area contributed by atoms with Crippen LogP contribution in [0.5, 0.6) is 0 Å². The molecule has 0 N–H and O–H groups in total. The van der Waals surface area contributed by atoms with Crippen molar-refractivity contribution in [3.63, 3.8) is 0 Å². The van der Waals surface area contributed by atoms with Crippen LogP contribution in [0.1, 0.15) is 45.2 Å². The van der Waals surface area contributed by atoms with Gasteiger partial charge in [-0.05, 0) is 17.2 Å². The number of Topliss-reactive ketones (excluding diaryl/α,β-unsaturated/α-hetero) is 2. The quantitative estimate of drug-likeness (QED) is 0.444. The van der Waals surface area contributed by atoms with Gasteiger partial charge in [-0.2, -0.15) is 0 Å². The van der Waals surface area contributed by atoms with Crippen molar-refractivity contribution in [3.8, 4) is 0 Å². The van der Waals surface area contributed by atoms with Gasteiger partial charge in [0, 0.05) is 34.0 Å². The van der Waals surface area contributed by atoms with Gasteiger partial charge < -0.3 is 0 Å². The first kappa shape index (κ1) is 17.0. The number of benzene rings is 2. The molecule has 0 aliphatic rings. The number of carbonyl (C=O) groups excluding carboxylic acids is 2. The van der Waals surface area contributed by atoms with Crippen LogP contribution in [0.15, 0.2) is 53.5 Å². The van der Waals surface area contributed by atoms with E-state index in [4.69, 9.17) is 0 Å². The molecule has 0 saturated heterocycles. The van der Waals surface area contributed by atoms with Crippen molar-refractivity contribution in [2.24, 2.45) is 4.99 Å². The summed E-state index contributed by atoms with van der Waals surface area (Å²) in [5, 5.41) is 0. The minimum atomic E-state index is 0.0680. The molecular formula is C19H18NO2Si. The van der Waals surface area contributed by atoms with Gasteiger partial charge >= 0.3 is 0 Å². The van der Waals surface area contributed by atoms with Gasteiger partial charge in [0.1, 0.15) is 0 Å². The summed E-state index contributed by atoms with van der Waals surface area (Å²) in [7, 11) is 3.21. The molecule has 0 atom stereocenters. The van der Waals surface area contributed by atoms with Crippen LogP contribution < -0.4 is 0 Å². The maximum atomic E-state index is 11.6. The van der Waals surface area contributed by atoms with Gasteiger partial charge in [-0.15, -0.1) is 0 Å². The maximum Gasteiger partial charge on any atom is 0.162 e. The molecule has 2 aromatic carbocycles. The maximum absolute atomic E-state index is 11.6. The van der Waals surface area contributed by atoms with Gasteiger partial charge in [0.25, 0.3) is 0 Å². The van der Waals surface area contributed by atoms with Crippen molar-refractivity contribution in [2.45, 2.75) is 25.9 Å². The minimum Gasteiger partial charge on any atom is -0.295 e. The van der Waals surface area contributed by atoms with E-state index >= 15 is 0 Å². The van der Waals surface area contributed by atoms with Gasteiger partial charge in [0.05, 0.1) is 6.54 Å². The SMILES string of the molecule is CCC(=O)c1ccc(C=NCc2ccc(C(=O)C[Si])cc2)cc1. The zero-order chi connectivity index (χ0) is 16.7. The number of nitrogens with zero attached hydrogens (tertiary/aromatic N) is 1. The van der Waals surface area contributed by atoms with Crippen LogP contribution in [0.25, 0.3) is 0 Å². The second-order valence-corrected chi connectivity index (χ2v) is 5.52. The fourth-order valence-corrected chi connectivity index (χ4v) is 2.32. The highest BCUT2D eigenvalue weighted by Crippen LogP contribution is 2.09. The zero-order valence-corrected chi connectivity index (χ0v) is 14.1. The molecule has 0 fully saturated rings. The molecular weight excluding hydrogens is 302 g/mol. The molecule has 0 saturated carbocycles. The molecule has 0 amide bonds. The molecule has 0 spiro atoms. The average Bonchev–Trinajstić information content (AvgIpc) is 2.61. The van der Waals surface area contributed by atoms with Gasteiger partial charge in [-0.3, -0.25) is 14.6 Å². The van der Waals surface area contributed by atoms with E-state index < -0.39 is 0 Å². The number of hydrogen-bond acceptors (Lipinski definition) is 3. The highest BCUT2D eigenvalue weighted by Gasteiger charge is 2.02. The van der Waals surface area contributed by atoms with Crippen LogP contribution in [-0.2, 0) is 6.54 Å². The van der Waals surface area contributed by atoms with E-state index in [1.54, 1.807) is 6.21 Å². The van der Waals surface area contributed by atoms with Crippen molar-refractivity contribution < 1.29 is 9.59 Å². The molecule has 2 rings (SSSR count). The van der Waals surface area contributed by atoms with Crippen molar-refractivity contribution >= 4 is 28.0 Å². The Morgan fingerprint density at radius 3 is 2.09 bits per heavy atom. The van der Waals surface area contributed by atoms with Crippen LogP contribution in [0, 0.1) is 0 Å². The molecule has 2 aromatic rings. The number of hydrogen-bond donors (Lipinski definition) is 0. The number of carbonyl (C=O) groups is 2. The topological polar surface area (TPSA) is 46.5 Å². The fraction of sp³-hybridized carbons (Fsp3) is 0.211. The van der Waals surface area contributed by atoms with E-state index in [2.05, 4.69) is 15.2 Å². The van der Waals surface area contributed by atoms with Crippen molar-refractivity contribution in [3.05, 3.63) is 70.8 Å². The van der Waals surface area contributed by atoms with Crippen molar-refractivity contribution in [1.29, 1.82) is 0 Å². The number of rotatable bonds is 7. The molecule has 0 unspecified atom stereocenters. The van der Waals surface area contributed by atoms with E-state index in [0.29, 0.717) is 24.6 Å². The molecule has 3 radical (unpaired) electrons. The lowest BCUT2D eigenvalue weighted by Gasteiger charge is -2.01. The summed E-state index contributed by atoms with van der Waals surface area (Å²) in [6, 6.07) is 15.2. The Morgan fingerprint density at radius 1 is 0.957 bits per heavy atom. The van der Waals surface area contributed by atoms with E-state index in [0.717, 1.165) is 16.7 Å². The third-order valence-electron chi connectivity index (χ3n) is 3.50. The summed E-state index contributed by atoms with van der Waals surface area (Å²) in [4.78, 5) is 27.5. The van der Waals surface area contributed by atoms with Gasteiger partial charge in [-0.25, -0.2) is 0 Å². The molecule has 23 heavy (non-hydrogen) atoms. The Balaban J connectivity index is 1.96. The summed E-state index contributed by atoms with van der Waals surface area (Å²) in [5.74, 6) is 0.213. The molecule has 4 heteroatoms. The van der Waals surface area contributed by atoms with Crippen molar-refractivity contribution in [2.75, 3.05) is 0 Å². The second kappa shape index (κ2) is 8.34. The highest BCUT2D eigenvalue weighted by molar-refractivity contribution is 6.23. The first-order valence-corrected chi connectivity index (χ1v) is 8.24. The molecule has 0 bridgehead atoms. The van der Waals surface area contributed by atoms with Crippen LogP contribution in [-0.4, -0.2) is 28.0 Å². The predicted molar refractivity (Wildman–Crippen MR) is 93.7 cm³/mol. The smallest absolute Gasteiger partial charge is 0.162 e. The van der Waals surface area contributed by atoms with E-state index in [-0.39, 0.29) is 11.6 Å². The Morgan fingerprint density at radius 2 is 1.52 bits per heavy atom. The fourth-order valence-electron chi connectivity index (χ4n) is 2.11. The summed E-state index contributed by atoms with van der Waals surface area (Å²) in [5.41, 5.74) is 3.44. The average molecular weight is 320 g/mol. The zero-order valence-electron chi connectivity index (χ0n) is 13.1. The van der Waals surface area contributed by atoms with Gasteiger partial charge in [0.2, 0.25) is 0 Å². The highest BCUT2D eigenvalue weighted by atomic mass is 28.1. The van der Waals surface area contributed by atoms with Crippen LogP contribution >= 0.6 is 0 Å². The lowest BCUT2D eigenvalue weighted by Crippen LogP contribution is -1.97. The molecule has 115 valence electrons. The summed E-state index contributed by atoms with van der Waals surface area (Å²) in [6.07, 6.45) is 2.30. The first-order valence-electron chi connectivity index (χ1n) is 7.54. The van der Waals surface area contributed by atoms with E-state index in [9.17, 15) is 9.59 Å². The summed E-state index contributed by atoms with van der Waals surface area (Å²) in [6.45, 7) is 2.41. The monoisotopic (exact) mass is 320 g/mol. The molecule has 0 aromatic heterocycles. The summed E-state index contributed by atoms with van der Waals surface area (Å²) >= 11 is 0. The number of aliphatic imine (C=N–C) groups is 1. The van der Waals surface area contributed by atoms with E-state index in [1.807, 2.05) is 55.5 Å². The van der Waals surface area contributed by atoms with Crippen LogP contribution in [0.2, 0.25) is 6.04 Å². The lowest BCUT2D eigenvalue weighted by atomic mass is 10.1. The largest absolute Gasteiger partial charge is 0.295 e.